The highest BCUT2D eigenvalue weighted by Gasteiger charge is 2.34. The van der Waals surface area contributed by atoms with Crippen LogP contribution in [0.5, 0.6) is 11.5 Å². The van der Waals surface area contributed by atoms with Crippen molar-refractivity contribution in [2.24, 2.45) is 0 Å². The number of ether oxygens (including phenoxy) is 2. The molecule has 25 heavy (non-hydrogen) atoms. The van der Waals surface area contributed by atoms with Crippen LogP contribution in [0.2, 0.25) is 0 Å². The Morgan fingerprint density at radius 3 is 2.76 bits per heavy atom. The maximum absolute atomic E-state index is 12.2. The molecule has 1 aromatic carbocycles. The summed E-state index contributed by atoms with van der Waals surface area (Å²) in [7, 11) is 1.41. The highest BCUT2D eigenvalue weighted by molar-refractivity contribution is 8.18. The summed E-state index contributed by atoms with van der Waals surface area (Å²) >= 11 is 0.802. The third-order valence-corrected chi connectivity index (χ3v) is 4.17. The molecule has 1 fully saturated rings. The number of methoxy groups -OCH3 is 1. The van der Waals surface area contributed by atoms with Gasteiger partial charge in [-0.1, -0.05) is 12.0 Å². The van der Waals surface area contributed by atoms with Crippen molar-refractivity contribution in [2.45, 2.75) is 13.0 Å². The van der Waals surface area contributed by atoms with Crippen LogP contribution in [0, 0.1) is 12.3 Å². The van der Waals surface area contributed by atoms with Crippen molar-refractivity contribution in [1.29, 1.82) is 0 Å². The normalized spacial score (nSPS) is 16.7. The number of hydrogen-bond donors (Lipinski definition) is 1. The van der Waals surface area contributed by atoms with E-state index in [0.29, 0.717) is 11.3 Å². The molecule has 1 heterocycles. The number of imide groups is 1. The van der Waals surface area contributed by atoms with Gasteiger partial charge in [0.05, 0.1) is 18.6 Å². The number of benzene rings is 1. The molecule has 2 amide bonds. The molecule has 0 saturated carbocycles. The number of amides is 2. The number of carboxylic acid groups (broad SMARTS) is 1. The monoisotopic (exact) mass is 361 g/mol. The number of rotatable bonds is 6. The van der Waals surface area contributed by atoms with Gasteiger partial charge in [-0.15, -0.1) is 6.42 Å². The van der Waals surface area contributed by atoms with Gasteiger partial charge < -0.3 is 14.6 Å². The maximum atomic E-state index is 12.2. The summed E-state index contributed by atoms with van der Waals surface area (Å²) in [4.78, 5) is 36.0. The quantitative estimate of drug-likeness (QED) is 0.613. The second kappa shape index (κ2) is 7.77. The van der Waals surface area contributed by atoms with Crippen LogP contribution in [-0.2, 0) is 9.59 Å². The molecule has 2 rings (SSSR count). The van der Waals surface area contributed by atoms with Gasteiger partial charge in [0.25, 0.3) is 11.1 Å². The summed E-state index contributed by atoms with van der Waals surface area (Å²) in [5.41, 5.74) is 0.596. The smallest absolute Gasteiger partial charge is 0.344 e. The summed E-state index contributed by atoms with van der Waals surface area (Å²) in [6.45, 7) is 1.32. The van der Waals surface area contributed by atoms with Crippen LogP contribution in [0.15, 0.2) is 23.1 Å². The van der Waals surface area contributed by atoms with Crippen LogP contribution in [0.4, 0.5) is 4.79 Å². The van der Waals surface area contributed by atoms with E-state index in [1.165, 1.54) is 26.2 Å². The van der Waals surface area contributed by atoms with Gasteiger partial charge in [0, 0.05) is 0 Å². The minimum absolute atomic E-state index is 0.0782. The van der Waals surface area contributed by atoms with E-state index in [2.05, 4.69) is 5.92 Å². The van der Waals surface area contributed by atoms with Crippen molar-refractivity contribution in [3.63, 3.8) is 0 Å². The third-order valence-electron chi connectivity index (χ3n) is 3.26. The van der Waals surface area contributed by atoms with E-state index in [0.717, 1.165) is 16.7 Å². The molecule has 0 spiro atoms. The molecule has 0 aliphatic carbocycles. The zero-order valence-electron chi connectivity index (χ0n) is 13.5. The summed E-state index contributed by atoms with van der Waals surface area (Å²) < 4.78 is 10.5. The first-order chi connectivity index (χ1) is 11.9. The van der Waals surface area contributed by atoms with Crippen molar-refractivity contribution in [2.75, 3.05) is 13.7 Å². The molecule has 1 aromatic rings. The summed E-state index contributed by atoms with van der Waals surface area (Å²) in [5, 5.41) is 8.49. The second-order valence-corrected chi connectivity index (χ2v) is 5.97. The molecule has 1 saturated heterocycles. The van der Waals surface area contributed by atoms with E-state index in [1.807, 2.05) is 0 Å². The molecule has 1 aliphatic rings. The van der Waals surface area contributed by atoms with Crippen LogP contribution in [0.3, 0.4) is 0 Å². The van der Waals surface area contributed by atoms with Crippen LogP contribution < -0.4 is 9.47 Å². The molecule has 0 radical (unpaired) electrons. The molecule has 0 bridgehead atoms. The van der Waals surface area contributed by atoms with Crippen LogP contribution in [0.25, 0.3) is 6.08 Å². The molecular weight excluding hydrogens is 346 g/mol. The van der Waals surface area contributed by atoms with Crippen molar-refractivity contribution < 1.29 is 29.0 Å². The van der Waals surface area contributed by atoms with Crippen LogP contribution in [0.1, 0.15) is 12.5 Å². The van der Waals surface area contributed by atoms with Gasteiger partial charge in [0.1, 0.15) is 0 Å². The zero-order chi connectivity index (χ0) is 18.6. The molecule has 1 N–H and O–H groups in total. The SMILES string of the molecule is C#CCN1C(=O)S/C(=C\c2ccc(OC(C)C(=O)O)c(OC)c2)C1=O. The Kier molecular flexibility index (Phi) is 5.72. The number of thioether (sulfide) groups is 1. The van der Waals surface area contributed by atoms with Crippen molar-refractivity contribution in [3.8, 4) is 23.8 Å². The van der Waals surface area contributed by atoms with Gasteiger partial charge in [-0.05, 0) is 42.5 Å². The Morgan fingerprint density at radius 2 is 2.16 bits per heavy atom. The largest absolute Gasteiger partial charge is 0.493 e. The maximum Gasteiger partial charge on any atom is 0.344 e. The highest BCUT2D eigenvalue weighted by atomic mass is 32.2. The lowest BCUT2D eigenvalue weighted by molar-refractivity contribution is -0.144. The number of carboxylic acids is 1. The van der Waals surface area contributed by atoms with Gasteiger partial charge in [-0.2, -0.15) is 0 Å². The van der Waals surface area contributed by atoms with Gasteiger partial charge in [0.2, 0.25) is 0 Å². The van der Waals surface area contributed by atoms with Gasteiger partial charge in [0.15, 0.2) is 17.6 Å². The molecule has 8 heteroatoms. The number of aliphatic carboxylic acids is 1. The summed E-state index contributed by atoms with van der Waals surface area (Å²) in [5.74, 6) is 1.28. The predicted octanol–water partition coefficient (Wildman–Crippen LogP) is 2.22. The minimum atomic E-state index is -1.10. The molecule has 7 nitrogen and oxygen atoms in total. The van der Waals surface area contributed by atoms with Crippen molar-refractivity contribution in [1.82, 2.24) is 4.90 Å². The third kappa shape index (κ3) is 4.14. The molecule has 130 valence electrons. The standard InChI is InChI=1S/C17H15NO6S/c1-4-7-18-15(19)14(25-17(18)22)9-11-5-6-12(13(8-11)23-3)24-10(2)16(20)21/h1,5-6,8-10H,7H2,2-3H3,(H,20,21)/b14-9-. The Morgan fingerprint density at radius 1 is 1.44 bits per heavy atom. The Balaban J connectivity index is 2.27. The van der Waals surface area contributed by atoms with E-state index in [4.69, 9.17) is 21.0 Å². The van der Waals surface area contributed by atoms with Crippen LogP contribution >= 0.6 is 11.8 Å². The van der Waals surface area contributed by atoms with E-state index in [1.54, 1.807) is 12.1 Å². The minimum Gasteiger partial charge on any atom is -0.493 e. The average molecular weight is 361 g/mol. The molecule has 1 atom stereocenters. The number of carbonyl (C=O) groups excluding carboxylic acids is 2. The molecule has 1 aliphatic heterocycles. The van der Waals surface area contributed by atoms with E-state index in [9.17, 15) is 14.4 Å². The van der Waals surface area contributed by atoms with E-state index < -0.39 is 23.2 Å². The predicted molar refractivity (Wildman–Crippen MR) is 92.2 cm³/mol. The number of hydrogen-bond acceptors (Lipinski definition) is 6. The lowest BCUT2D eigenvalue weighted by atomic mass is 10.2. The Hall–Kier alpha value is -2.92. The highest BCUT2D eigenvalue weighted by Crippen LogP contribution is 2.34. The first kappa shape index (κ1) is 18.4. The molecule has 0 aromatic heterocycles. The first-order valence-corrected chi connectivity index (χ1v) is 7.95. The molecule has 1 unspecified atom stereocenters. The van der Waals surface area contributed by atoms with Gasteiger partial charge >= 0.3 is 5.97 Å². The fraction of sp³-hybridized carbons (Fsp3) is 0.235. The van der Waals surface area contributed by atoms with E-state index >= 15 is 0 Å². The zero-order valence-corrected chi connectivity index (χ0v) is 14.3. The van der Waals surface area contributed by atoms with Gasteiger partial charge in [-0.3, -0.25) is 14.5 Å². The van der Waals surface area contributed by atoms with E-state index in [-0.39, 0.29) is 17.2 Å². The average Bonchev–Trinajstić information content (AvgIpc) is 2.83. The fourth-order valence-electron chi connectivity index (χ4n) is 1.99. The number of carbonyl (C=O) groups is 3. The van der Waals surface area contributed by atoms with Gasteiger partial charge in [-0.25, -0.2) is 4.79 Å². The van der Waals surface area contributed by atoms with Crippen molar-refractivity contribution in [3.05, 3.63) is 28.7 Å². The lowest BCUT2D eigenvalue weighted by Gasteiger charge is -2.14. The fourth-order valence-corrected chi connectivity index (χ4v) is 2.83. The number of terminal acetylenes is 1. The first-order valence-electron chi connectivity index (χ1n) is 7.13. The second-order valence-electron chi connectivity index (χ2n) is 4.98. The summed E-state index contributed by atoms with van der Waals surface area (Å²) in [6.07, 6.45) is 5.64. The van der Waals surface area contributed by atoms with Crippen LogP contribution in [-0.4, -0.2) is 46.9 Å². The Labute approximate surface area is 148 Å². The topological polar surface area (TPSA) is 93.1 Å². The lowest BCUT2D eigenvalue weighted by Crippen LogP contribution is -2.28. The summed E-state index contributed by atoms with van der Waals surface area (Å²) in [6, 6.07) is 4.75. The van der Waals surface area contributed by atoms with Crippen molar-refractivity contribution >= 4 is 35.0 Å². The number of nitrogens with zero attached hydrogens (tertiary/aromatic N) is 1. The molecular formula is C17H15NO6S. The Bertz CT molecular complexity index is 795.